The van der Waals surface area contributed by atoms with Crippen molar-refractivity contribution in [1.82, 2.24) is 10.2 Å². The van der Waals surface area contributed by atoms with Crippen LogP contribution in [-0.4, -0.2) is 50.0 Å². The van der Waals surface area contributed by atoms with Crippen LogP contribution in [0.3, 0.4) is 0 Å². The van der Waals surface area contributed by atoms with E-state index in [4.69, 9.17) is 34.8 Å². The van der Waals surface area contributed by atoms with Crippen molar-refractivity contribution in [3.8, 4) is 0 Å². The number of nitrogens with zero attached hydrogens (tertiary/aromatic N) is 2. The smallest absolute Gasteiger partial charge is 0.244 e. The van der Waals surface area contributed by atoms with E-state index in [0.717, 1.165) is 48.4 Å². The van der Waals surface area contributed by atoms with Gasteiger partial charge in [-0.2, -0.15) is 0 Å². The molecule has 3 rings (SSSR count). The molecule has 2 aromatic rings. The quantitative estimate of drug-likeness (QED) is 0.452. The van der Waals surface area contributed by atoms with Crippen molar-refractivity contribution in [2.24, 2.45) is 0 Å². The number of amides is 2. The Balaban J connectivity index is 1.91. The molecule has 196 valence electrons. The zero-order chi connectivity index (χ0) is 26.6. The van der Waals surface area contributed by atoms with Gasteiger partial charge < -0.3 is 10.2 Å². The average Bonchev–Trinajstić information content (AvgIpc) is 3.31. The van der Waals surface area contributed by atoms with Crippen molar-refractivity contribution in [1.29, 1.82) is 0 Å². The van der Waals surface area contributed by atoms with Crippen molar-refractivity contribution in [3.63, 3.8) is 0 Å². The minimum Gasteiger partial charge on any atom is -0.352 e. The van der Waals surface area contributed by atoms with Crippen LogP contribution in [0.1, 0.15) is 38.2 Å². The fraction of sp³-hybridized carbons (Fsp3) is 0.417. The zero-order valence-electron chi connectivity index (χ0n) is 19.8. The summed E-state index contributed by atoms with van der Waals surface area (Å²) in [5.41, 5.74) is 0.629. The largest absolute Gasteiger partial charge is 0.352 e. The van der Waals surface area contributed by atoms with E-state index in [2.05, 4.69) is 5.32 Å². The van der Waals surface area contributed by atoms with Crippen LogP contribution in [0.2, 0.25) is 15.1 Å². The maximum absolute atomic E-state index is 13.7. The lowest BCUT2D eigenvalue weighted by Gasteiger charge is -2.32. The van der Waals surface area contributed by atoms with Crippen LogP contribution in [0.4, 0.5) is 10.1 Å². The first-order valence-electron chi connectivity index (χ1n) is 11.3. The summed E-state index contributed by atoms with van der Waals surface area (Å²) in [6.45, 7) is 0.944. The number of anilines is 1. The molecule has 1 aliphatic carbocycles. The Morgan fingerprint density at radius 3 is 2.31 bits per heavy atom. The molecule has 0 unspecified atom stereocenters. The molecule has 0 radical (unpaired) electrons. The molecule has 2 amide bonds. The Kier molecular flexibility index (Phi) is 9.49. The van der Waals surface area contributed by atoms with E-state index < -0.39 is 34.3 Å². The molecule has 2 aromatic carbocycles. The van der Waals surface area contributed by atoms with Gasteiger partial charge in [-0.05, 0) is 55.7 Å². The number of hydrogen-bond acceptors (Lipinski definition) is 4. The number of halogens is 4. The summed E-state index contributed by atoms with van der Waals surface area (Å²) in [5, 5.41) is 3.31. The summed E-state index contributed by atoms with van der Waals surface area (Å²) < 4.78 is 39.6. The summed E-state index contributed by atoms with van der Waals surface area (Å²) in [5.74, 6) is -1.70. The molecular weight excluding hydrogens is 552 g/mol. The van der Waals surface area contributed by atoms with Gasteiger partial charge in [-0.1, -0.05) is 53.7 Å². The number of rotatable bonds is 9. The van der Waals surface area contributed by atoms with Gasteiger partial charge in [-0.15, -0.1) is 0 Å². The zero-order valence-corrected chi connectivity index (χ0v) is 22.9. The normalized spacial score (nSPS) is 14.9. The van der Waals surface area contributed by atoms with Gasteiger partial charge in [0.05, 0.1) is 27.0 Å². The van der Waals surface area contributed by atoms with Gasteiger partial charge >= 0.3 is 0 Å². The minimum atomic E-state index is -3.96. The fourth-order valence-corrected chi connectivity index (χ4v) is 5.40. The van der Waals surface area contributed by atoms with Gasteiger partial charge in [-0.3, -0.25) is 13.9 Å². The Labute approximate surface area is 225 Å². The Morgan fingerprint density at radius 1 is 1.06 bits per heavy atom. The van der Waals surface area contributed by atoms with Gasteiger partial charge in [0.15, 0.2) is 0 Å². The highest BCUT2D eigenvalue weighted by Gasteiger charge is 2.31. The van der Waals surface area contributed by atoms with E-state index >= 15 is 0 Å². The number of carbonyl (C=O) groups is 2. The van der Waals surface area contributed by atoms with Crippen LogP contribution < -0.4 is 9.62 Å². The molecular formula is C24H27Cl3FN3O4S. The average molecular weight is 579 g/mol. The number of carbonyl (C=O) groups excluding carboxylic acids is 2. The van der Waals surface area contributed by atoms with Crippen molar-refractivity contribution < 1.29 is 22.4 Å². The van der Waals surface area contributed by atoms with Crippen molar-refractivity contribution in [2.75, 3.05) is 17.1 Å². The van der Waals surface area contributed by atoms with Crippen LogP contribution in [0.15, 0.2) is 36.4 Å². The lowest BCUT2D eigenvalue weighted by Crippen LogP contribution is -2.52. The van der Waals surface area contributed by atoms with Gasteiger partial charge in [0.1, 0.15) is 18.4 Å². The lowest BCUT2D eigenvalue weighted by atomic mass is 10.1. The van der Waals surface area contributed by atoms with E-state index in [1.54, 1.807) is 25.1 Å². The first-order chi connectivity index (χ1) is 16.9. The van der Waals surface area contributed by atoms with Crippen molar-refractivity contribution >= 4 is 62.3 Å². The first kappa shape index (κ1) is 28.5. The second-order valence-corrected chi connectivity index (χ2v) is 11.9. The third-order valence-corrected chi connectivity index (χ3v) is 8.25. The molecule has 12 heteroatoms. The molecule has 0 bridgehead atoms. The van der Waals surface area contributed by atoms with Crippen molar-refractivity contribution in [3.05, 3.63) is 62.8 Å². The molecule has 1 saturated carbocycles. The van der Waals surface area contributed by atoms with E-state index in [9.17, 15) is 22.4 Å². The van der Waals surface area contributed by atoms with Gasteiger partial charge in [0, 0.05) is 12.6 Å². The molecule has 1 atom stereocenters. The predicted molar refractivity (Wildman–Crippen MR) is 140 cm³/mol. The predicted octanol–water partition coefficient (Wildman–Crippen LogP) is 5.03. The number of sulfonamides is 1. The minimum absolute atomic E-state index is 0.0171. The first-order valence-corrected chi connectivity index (χ1v) is 14.3. The Bertz CT molecular complexity index is 1240. The highest BCUT2D eigenvalue weighted by molar-refractivity contribution is 7.92. The van der Waals surface area contributed by atoms with Gasteiger partial charge in [-0.25, -0.2) is 12.8 Å². The maximum Gasteiger partial charge on any atom is 0.244 e. The maximum atomic E-state index is 13.7. The summed E-state index contributed by atoms with van der Waals surface area (Å²) in [4.78, 5) is 27.9. The summed E-state index contributed by atoms with van der Waals surface area (Å²) in [6.07, 6.45) is 4.71. The molecule has 1 aliphatic rings. The number of benzene rings is 2. The molecule has 7 nitrogen and oxygen atoms in total. The summed E-state index contributed by atoms with van der Waals surface area (Å²) in [6, 6.07) is 7.32. The van der Waals surface area contributed by atoms with E-state index in [-0.39, 0.29) is 34.2 Å². The number of nitrogens with one attached hydrogen (secondary N) is 1. The third kappa shape index (κ3) is 7.25. The van der Waals surface area contributed by atoms with Crippen molar-refractivity contribution in [2.45, 2.75) is 51.2 Å². The Morgan fingerprint density at radius 2 is 1.72 bits per heavy atom. The molecule has 0 aliphatic heterocycles. The highest BCUT2D eigenvalue weighted by Crippen LogP contribution is 2.26. The molecule has 0 spiro atoms. The lowest BCUT2D eigenvalue weighted by molar-refractivity contribution is -0.139. The van der Waals surface area contributed by atoms with E-state index in [1.807, 2.05) is 0 Å². The number of hydrogen-bond donors (Lipinski definition) is 1. The molecule has 36 heavy (non-hydrogen) atoms. The van der Waals surface area contributed by atoms with Gasteiger partial charge in [0.25, 0.3) is 0 Å². The fourth-order valence-electron chi connectivity index (χ4n) is 4.06. The SMILES string of the molecule is C[C@@H](C(=O)NC1CCCC1)N(Cc1ccc(Cl)c(Cl)c1)C(=O)CN(c1ccc(F)c(Cl)c1)S(C)(=O)=O. The van der Waals surface area contributed by atoms with Crippen LogP contribution in [-0.2, 0) is 26.2 Å². The van der Waals surface area contributed by atoms with Gasteiger partial charge in [0.2, 0.25) is 21.8 Å². The van der Waals surface area contributed by atoms with E-state index in [0.29, 0.717) is 10.6 Å². The third-order valence-electron chi connectivity index (χ3n) is 6.08. The molecule has 0 aromatic heterocycles. The van der Waals surface area contributed by atoms with Crippen LogP contribution in [0.25, 0.3) is 0 Å². The monoisotopic (exact) mass is 577 g/mol. The molecule has 0 saturated heterocycles. The molecule has 1 N–H and O–H groups in total. The molecule has 0 heterocycles. The van der Waals surface area contributed by atoms with E-state index in [1.165, 1.54) is 11.0 Å². The standard InChI is InChI=1S/C24H27Cl3FN3O4S/c1-15(24(33)29-17-5-3-4-6-17)30(13-16-7-9-19(25)20(26)11-16)23(32)14-31(36(2,34)35)18-8-10-22(28)21(27)12-18/h7-12,15,17H,3-6,13-14H2,1-2H3,(H,29,33)/t15-/m0/s1. The summed E-state index contributed by atoms with van der Waals surface area (Å²) in [7, 11) is -3.96. The second-order valence-electron chi connectivity index (χ2n) is 8.80. The topological polar surface area (TPSA) is 86.8 Å². The Hall–Kier alpha value is -2.07. The molecule has 1 fully saturated rings. The highest BCUT2D eigenvalue weighted by atomic mass is 35.5. The van der Waals surface area contributed by atoms with Crippen LogP contribution in [0, 0.1) is 5.82 Å². The summed E-state index contributed by atoms with van der Waals surface area (Å²) >= 11 is 18.0. The second kappa shape index (κ2) is 12.0. The van der Waals surface area contributed by atoms with Crippen LogP contribution in [0.5, 0.6) is 0 Å². The van der Waals surface area contributed by atoms with Crippen LogP contribution >= 0.6 is 34.8 Å².